The van der Waals surface area contributed by atoms with E-state index in [-0.39, 0.29) is 19.1 Å². The van der Waals surface area contributed by atoms with E-state index in [1.165, 1.54) is 0 Å². The smallest absolute Gasteiger partial charge is 0.323 e. The first-order valence-corrected chi connectivity index (χ1v) is 6.51. The number of ether oxygens (including phenoxy) is 2. The summed E-state index contributed by atoms with van der Waals surface area (Å²) in [5.74, 6) is -0.692. The van der Waals surface area contributed by atoms with Crippen molar-refractivity contribution in [2.75, 3.05) is 13.2 Å². The van der Waals surface area contributed by atoms with Crippen LogP contribution in [-0.4, -0.2) is 25.2 Å². The van der Waals surface area contributed by atoms with E-state index in [4.69, 9.17) is 9.47 Å². The van der Waals surface area contributed by atoms with Crippen LogP contribution in [0.1, 0.15) is 40.5 Å². The number of hydrogen-bond donors (Lipinski definition) is 0. The van der Waals surface area contributed by atoms with Crippen LogP contribution in [0.15, 0.2) is 11.6 Å². The molecule has 0 aromatic carbocycles. The van der Waals surface area contributed by atoms with Crippen molar-refractivity contribution in [1.29, 1.82) is 0 Å². The van der Waals surface area contributed by atoms with E-state index in [2.05, 4.69) is 0 Å². The average molecular weight is 254 g/mol. The van der Waals surface area contributed by atoms with Crippen LogP contribution in [0.5, 0.6) is 0 Å². The predicted octanol–water partition coefficient (Wildman–Crippen LogP) is 2.48. The van der Waals surface area contributed by atoms with E-state index in [9.17, 15) is 9.59 Å². The summed E-state index contributed by atoms with van der Waals surface area (Å²) in [6.45, 7) is 7.99. The molecule has 1 saturated carbocycles. The average Bonchev–Trinajstić information content (AvgIpc) is 2.68. The van der Waals surface area contributed by atoms with Gasteiger partial charge in [-0.2, -0.15) is 0 Å². The molecule has 1 unspecified atom stereocenters. The second-order valence-corrected chi connectivity index (χ2v) is 4.67. The summed E-state index contributed by atoms with van der Waals surface area (Å²) in [4.78, 5) is 24.3. The van der Waals surface area contributed by atoms with Gasteiger partial charge in [0.15, 0.2) is 5.41 Å². The molecule has 1 atom stereocenters. The van der Waals surface area contributed by atoms with Gasteiger partial charge in [0, 0.05) is 0 Å². The molecule has 0 spiro atoms. The molecule has 0 bridgehead atoms. The first kappa shape index (κ1) is 14.7. The fourth-order valence-electron chi connectivity index (χ4n) is 2.57. The van der Waals surface area contributed by atoms with Crippen LogP contribution in [0, 0.1) is 11.3 Å². The molecular formula is C14H22O4. The van der Waals surface area contributed by atoms with Crippen LogP contribution in [0.25, 0.3) is 0 Å². The number of carbonyl (C=O) groups is 2. The molecule has 1 rings (SSSR count). The highest BCUT2D eigenvalue weighted by Crippen LogP contribution is 2.47. The van der Waals surface area contributed by atoms with E-state index in [1.807, 2.05) is 19.9 Å². The van der Waals surface area contributed by atoms with Crippen molar-refractivity contribution in [3.63, 3.8) is 0 Å². The van der Waals surface area contributed by atoms with Crippen molar-refractivity contribution in [3.05, 3.63) is 11.6 Å². The highest BCUT2D eigenvalue weighted by molar-refractivity contribution is 6.01. The van der Waals surface area contributed by atoms with Gasteiger partial charge in [-0.15, -0.1) is 0 Å². The van der Waals surface area contributed by atoms with Crippen molar-refractivity contribution in [3.8, 4) is 0 Å². The number of carbonyl (C=O) groups excluding carboxylic acids is 2. The molecule has 0 amide bonds. The van der Waals surface area contributed by atoms with Crippen LogP contribution < -0.4 is 0 Å². The molecule has 0 aromatic heterocycles. The molecule has 0 saturated heterocycles. The Hall–Kier alpha value is -1.32. The fraction of sp³-hybridized carbons (Fsp3) is 0.714. The van der Waals surface area contributed by atoms with E-state index in [1.54, 1.807) is 13.8 Å². The number of hydrogen-bond acceptors (Lipinski definition) is 4. The third-order valence-electron chi connectivity index (χ3n) is 3.50. The lowest BCUT2D eigenvalue weighted by Gasteiger charge is -2.23. The van der Waals surface area contributed by atoms with Crippen LogP contribution in [-0.2, 0) is 19.1 Å². The van der Waals surface area contributed by atoms with Gasteiger partial charge in [0.1, 0.15) is 0 Å². The van der Waals surface area contributed by atoms with Gasteiger partial charge in [-0.25, -0.2) is 0 Å². The fourth-order valence-corrected chi connectivity index (χ4v) is 2.57. The van der Waals surface area contributed by atoms with Gasteiger partial charge in [0.25, 0.3) is 0 Å². The minimum absolute atomic E-state index is 0.212. The van der Waals surface area contributed by atoms with Gasteiger partial charge in [-0.3, -0.25) is 9.59 Å². The maximum absolute atomic E-state index is 12.1. The van der Waals surface area contributed by atoms with Crippen LogP contribution in [0.3, 0.4) is 0 Å². The van der Waals surface area contributed by atoms with Crippen LogP contribution in [0.2, 0.25) is 0 Å². The van der Waals surface area contributed by atoms with Gasteiger partial charge in [0.05, 0.1) is 13.2 Å². The molecule has 1 aliphatic carbocycles. The zero-order valence-electron chi connectivity index (χ0n) is 11.6. The number of rotatable bonds is 4. The van der Waals surface area contributed by atoms with Crippen molar-refractivity contribution in [2.45, 2.75) is 40.5 Å². The maximum atomic E-state index is 12.1. The largest absolute Gasteiger partial charge is 0.465 e. The summed E-state index contributed by atoms with van der Waals surface area (Å²) in [5.41, 5.74) is -0.0103. The van der Waals surface area contributed by atoms with Crippen molar-refractivity contribution >= 4 is 11.9 Å². The second-order valence-electron chi connectivity index (χ2n) is 4.67. The monoisotopic (exact) mass is 254 g/mol. The molecule has 102 valence electrons. The Morgan fingerprint density at radius 2 is 1.78 bits per heavy atom. The minimum atomic E-state index is -1.13. The molecule has 1 fully saturated rings. The highest BCUT2D eigenvalue weighted by atomic mass is 16.6. The van der Waals surface area contributed by atoms with Crippen molar-refractivity contribution in [2.24, 2.45) is 11.3 Å². The van der Waals surface area contributed by atoms with Gasteiger partial charge in [-0.1, -0.05) is 18.6 Å². The van der Waals surface area contributed by atoms with E-state index < -0.39 is 17.4 Å². The zero-order valence-corrected chi connectivity index (χ0v) is 11.6. The van der Waals surface area contributed by atoms with E-state index in [0.717, 1.165) is 5.57 Å². The lowest BCUT2D eigenvalue weighted by Crippen LogP contribution is -2.40. The molecule has 0 N–H and O–H groups in total. The summed E-state index contributed by atoms with van der Waals surface area (Å²) in [6.07, 6.45) is 2.87. The third-order valence-corrected chi connectivity index (χ3v) is 3.50. The Kier molecular flexibility index (Phi) is 4.93. The normalized spacial score (nSPS) is 24.0. The molecular weight excluding hydrogens is 232 g/mol. The zero-order chi connectivity index (χ0) is 13.8. The van der Waals surface area contributed by atoms with Gasteiger partial charge in [-0.05, 0) is 39.5 Å². The third kappa shape index (κ3) is 2.57. The summed E-state index contributed by atoms with van der Waals surface area (Å²) >= 11 is 0. The van der Waals surface area contributed by atoms with Crippen molar-refractivity contribution < 1.29 is 19.1 Å². The summed E-state index contributed by atoms with van der Waals surface area (Å²) < 4.78 is 10.1. The summed E-state index contributed by atoms with van der Waals surface area (Å²) in [6, 6.07) is 0. The van der Waals surface area contributed by atoms with Crippen LogP contribution in [0.4, 0.5) is 0 Å². The Bertz CT molecular complexity index is 339. The number of esters is 2. The van der Waals surface area contributed by atoms with E-state index in [0.29, 0.717) is 12.8 Å². The predicted molar refractivity (Wildman–Crippen MR) is 67.9 cm³/mol. The SMILES string of the molecule is C/C=C1/CC(C(=O)OCC)(C(=O)OCC)CC1C. The maximum Gasteiger partial charge on any atom is 0.323 e. The minimum Gasteiger partial charge on any atom is -0.465 e. The first-order valence-electron chi connectivity index (χ1n) is 6.51. The molecule has 1 aliphatic rings. The standard InChI is InChI=1S/C14H22O4/c1-5-11-9-14(8-10(11)4,12(15)17-6-2)13(16)18-7-3/h5,10H,6-9H2,1-4H3/b11-5-. The quantitative estimate of drug-likeness (QED) is 0.439. The van der Waals surface area contributed by atoms with E-state index >= 15 is 0 Å². The lowest BCUT2D eigenvalue weighted by molar-refractivity contribution is -0.171. The second kappa shape index (κ2) is 6.03. The molecule has 0 heterocycles. The Labute approximate surface area is 108 Å². The topological polar surface area (TPSA) is 52.6 Å². The van der Waals surface area contributed by atoms with Crippen LogP contribution >= 0.6 is 0 Å². The first-order chi connectivity index (χ1) is 8.51. The molecule has 4 nitrogen and oxygen atoms in total. The molecule has 0 aliphatic heterocycles. The Morgan fingerprint density at radius 1 is 1.28 bits per heavy atom. The number of allylic oxidation sites excluding steroid dienone is 2. The summed E-state index contributed by atoms with van der Waals surface area (Å²) in [7, 11) is 0. The van der Waals surface area contributed by atoms with Gasteiger partial charge < -0.3 is 9.47 Å². The molecule has 0 radical (unpaired) electrons. The molecule has 18 heavy (non-hydrogen) atoms. The lowest BCUT2D eigenvalue weighted by atomic mass is 9.85. The van der Waals surface area contributed by atoms with Gasteiger partial charge >= 0.3 is 11.9 Å². The summed E-state index contributed by atoms with van der Waals surface area (Å²) in [5, 5.41) is 0. The molecule has 0 aromatic rings. The highest BCUT2D eigenvalue weighted by Gasteiger charge is 2.54. The Balaban J connectivity index is 3.04. The van der Waals surface area contributed by atoms with Crippen molar-refractivity contribution in [1.82, 2.24) is 0 Å². The van der Waals surface area contributed by atoms with Gasteiger partial charge in [0.2, 0.25) is 0 Å². The molecule has 4 heteroatoms. The Morgan fingerprint density at radius 3 is 2.11 bits per heavy atom.